The van der Waals surface area contributed by atoms with Crippen LogP contribution in [0.3, 0.4) is 0 Å². The van der Waals surface area contributed by atoms with Crippen LogP contribution in [0.15, 0.2) is 17.2 Å². The number of carbonyl (C=O) groups excluding carboxylic acids is 2. The molecule has 2 heterocycles. The highest BCUT2D eigenvalue weighted by Gasteiger charge is 2.33. The number of amides is 2. The summed E-state index contributed by atoms with van der Waals surface area (Å²) >= 11 is 1.41. The average Bonchev–Trinajstić information content (AvgIpc) is 3.20. The van der Waals surface area contributed by atoms with E-state index in [-0.39, 0.29) is 24.2 Å². The van der Waals surface area contributed by atoms with Crippen LogP contribution in [0.1, 0.15) is 22.6 Å². The first-order valence-corrected chi connectivity index (χ1v) is 7.78. The predicted molar refractivity (Wildman–Crippen MR) is 84.9 cm³/mol. The molecule has 1 aliphatic heterocycles. The second kappa shape index (κ2) is 7.23. The van der Waals surface area contributed by atoms with E-state index in [1.807, 2.05) is 6.07 Å². The van der Waals surface area contributed by atoms with E-state index in [4.69, 9.17) is 17.3 Å². The second-order valence-corrected chi connectivity index (χ2v) is 6.12. The van der Waals surface area contributed by atoms with E-state index in [1.54, 1.807) is 11.0 Å². The van der Waals surface area contributed by atoms with Crippen molar-refractivity contribution in [2.45, 2.75) is 25.4 Å². The van der Waals surface area contributed by atoms with Crippen molar-refractivity contribution in [1.29, 1.82) is 0 Å². The van der Waals surface area contributed by atoms with Gasteiger partial charge in [0.05, 0.1) is 18.0 Å². The summed E-state index contributed by atoms with van der Waals surface area (Å²) in [5.74, 6) is 5.04. The summed E-state index contributed by atoms with van der Waals surface area (Å²) < 4.78 is 0. The molecule has 0 aromatic carbocycles. The fourth-order valence-corrected chi connectivity index (χ4v) is 3.28. The Morgan fingerprint density at radius 3 is 2.91 bits per heavy atom. The summed E-state index contributed by atoms with van der Waals surface area (Å²) in [5.41, 5.74) is 11.0. The molecule has 1 aromatic rings. The summed E-state index contributed by atoms with van der Waals surface area (Å²) in [7, 11) is 0. The Morgan fingerprint density at radius 1 is 1.45 bits per heavy atom. The molecule has 8 nitrogen and oxygen atoms in total. The molecular weight excluding hydrogens is 304 g/mol. The second-order valence-electron chi connectivity index (χ2n) is 4.95. The Kier molecular flexibility index (Phi) is 5.34. The highest BCUT2D eigenvalue weighted by Crippen LogP contribution is 2.19. The number of hydrogen-bond donors (Lipinski definition) is 4. The number of nitrogens with two attached hydrogens (primary N) is 3. The standard InChI is InChI=1S/C13H20N6O2S/c14-6-11(20)19-5-1-2-9(19)13(21)17-7-8-3-4-10(22-8)12(15)18-16/h3-4,9H,1-2,5-7,14,16H2,(H2,15,18)(H,17,21). The molecule has 0 radical (unpaired) electrons. The van der Waals surface area contributed by atoms with E-state index in [0.29, 0.717) is 19.5 Å². The maximum Gasteiger partial charge on any atom is 0.243 e. The molecule has 2 rings (SSSR count). The number of likely N-dealkylation sites (tertiary alicyclic amines) is 1. The van der Waals surface area contributed by atoms with E-state index in [1.165, 1.54) is 11.3 Å². The molecule has 0 saturated carbocycles. The van der Waals surface area contributed by atoms with Gasteiger partial charge in [0, 0.05) is 11.4 Å². The van der Waals surface area contributed by atoms with Crippen molar-refractivity contribution in [2.24, 2.45) is 22.4 Å². The molecule has 0 spiro atoms. The third-order valence-corrected chi connectivity index (χ3v) is 4.65. The molecule has 7 N–H and O–H groups in total. The Hall–Kier alpha value is -2.13. The lowest BCUT2D eigenvalue weighted by Gasteiger charge is -2.23. The zero-order valence-corrected chi connectivity index (χ0v) is 12.9. The molecule has 1 fully saturated rings. The molecule has 1 saturated heterocycles. The first-order chi connectivity index (χ1) is 10.6. The van der Waals surface area contributed by atoms with Crippen molar-refractivity contribution in [3.05, 3.63) is 21.9 Å². The Morgan fingerprint density at radius 2 is 2.23 bits per heavy atom. The highest BCUT2D eigenvalue weighted by atomic mass is 32.1. The largest absolute Gasteiger partial charge is 0.381 e. The molecule has 120 valence electrons. The van der Waals surface area contributed by atoms with Crippen LogP contribution in [0.25, 0.3) is 0 Å². The van der Waals surface area contributed by atoms with Crippen molar-refractivity contribution in [3.8, 4) is 0 Å². The van der Waals surface area contributed by atoms with Crippen molar-refractivity contribution in [2.75, 3.05) is 13.1 Å². The van der Waals surface area contributed by atoms with Gasteiger partial charge < -0.3 is 27.5 Å². The van der Waals surface area contributed by atoms with Gasteiger partial charge in [0.1, 0.15) is 6.04 Å². The first kappa shape index (κ1) is 16.2. The summed E-state index contributed by atoms with van der Waals surface area (Å²) in [4.78, 5) is 27.2. The Labute approximate surface area is 132 Å². The maximum atomic E-state index is 12.2. The zero-order chi connectivity index (χ0) is 16.1. The zero-order valence-electron chi connectivity index (χ0n) is 12.1. The lowest BCUT2D eigenvalue weighted by molar-refractivity contribution is -0.137. The maximum absolute atomic E-state index is 12.2. The summed E-state index contributed by atoms with van der Waals surface area (Å²) in [6.45, 7) is 0.888. The van der Waals surface area contributed by atoms with Crippen LogP contribution in [0.2, 0.25) is 0 Å². The number of rotatable bonds is 5. The minimum atomic E-state index is -0.425. The lowest BCUT2D eigenvalue weighted by Crippen LogP contribution is -2.47. The number of hydrogen-bond acceptors (Lipinski definition) is 6. The first-order valence-electron chi connectivity index (χ1n) is 6.96. The molecule has 1 aliphatic rings. The third kappa shape index (κ3) is 3.55. The molecule has 0 aliphatic carbocycles. The Bertz CT molecular complexity index is 585. The van der Waals surface area contributed by atoms with Gasteiger partial charge in [-0.1, -0.05) is 0 Å². The summed E-state index contributed by atoms with van der Waals surface area (Å²) in [6, 6.07) is 3.24. The van der Waals surface area contributed by atoms with Crippen LogP contribution in [-0.2, 0) is 16.1 Å². The Balaban J connectivity index is 1.92. The van der Waals surface area contributed by atoms with Gasteiger partial charge in [0.2, 0.25) is 11.8 Å². The van der Waals surface area contributed by atoms with Gasteiger partial charge in [-0.3, -0.25) is 9.59 Å². The predicted octanol–water partition coefficient (Wildman–Crippen LogP) is -1.11. The number of nitrogens with one attached hydrogen (secondary N) is 1. The summed E-state index contributed by atoms with van der Waals surface area (Å²) in [6.07, 6.45) is 1.48. The van der Waals surface area contributed by atoms with Crippen molar-refractivity contribution in [3.63, 3.8) is 0 Å². The number of hydrazone groups is 1. The number of carbonyl (C=O) groups is 2. The summed E-state index contributed by atoms with van der Waals surface area (Å²) in [5, 5.41) is 6.28. The highest BCUT2D eigenvalue weighted by molar-refractivity contribution is 7.14. The molecule has 0 bridgehead atoms. The van der Waals surface area contributed by atoms with Crippen LogP contribution in [0.4, 0.5) is 0 Å². The van der Waals surface area contributed by atoms with Gasteiger partial charge in [-0.15, -0.1) is 11.3 Å². The topological polar surface area (TPSA) is 140 Å². The third-order valence-electron chi connectivity index (χ3n) is 3.54. The molecule has 1 aromatic heterocycles. The van der Waals surface area contributed by atoms with E-state index in [9.17, 15) is 9.59 Å². The molecule has 9 heteroatoms. The fraction of sp³-hybridized carbons (Fsp3) is 0.462. The molecular formula is C13H20N6O2S. The van der Waals surface area contributed by atoms with Crippen LogP contribution in [0.5, 0.6) is 0 Å². The van der Waals surface area contributed by atoms with Crippen molar-refractivity contribution < 1.29 is 9.59 Å². The van der Waals surface area contributed by atoms with Crippen LogP contribution < -0.4 is 22.6 Å². The lowest BCUT2D eigenvalue weighted by atomic mass is 10.2. The van der Waals surface area contributed by atoms with E-state index in [2.05, 4.69) is 10.4 Å². The molecule has 22 heavy (non-hydrogen) atoms. The van der Waals surface area contributed by atoms with E-state index >= 15 is 0 Å². The number of thiophene rings is 1. The van der Waals surface area contributed by atoms with Crippen LogP contribution in [0, 0.1) is 0 Å². The monoisotopic (exact) mass is 324 g/mol. The number of nitrogens with zero attached hydrogens (tertiary/aromatic N) is 2. The van der Waals surface area contributed by atoms with Crippen molar-refractivity contribution in [1.82, 2.24) is 10.2 Å². The van der Waals surface area contributed by atoms with Gasteiger partial charge in [-0.25, -0.2) is 0 Å². The van der Waals surface area contributed by atoms with Crippen LogP contribution >= 0.6 is 11.3 Å². The average molecular weight is 324 g/mol. The fourth-order valence-electron chi connectivity index (χ4n) is 2.42. The van der Waals surface area contributed by atoms with Gasteiger partial charge in [0.15, 0.2) is 5.84 Å². The van der Waals surface area contributed by atoms with Gasteiger partial charge in [-0.05, 0) is 25.0 Å². The smallest absolute Gasteiger partial charge is 0.243 e. The molecule has 2 amide bonds. The normalized spacial score (nSPS) is 18.5. The van der Waals surface area contributed by atoms with Gasteiger partial charge in [-0.2, -0.15) is 5.10 Å². The molecule has 1 unspecified atom stereocenters. The van der Waals surface area contributed by atoms with E-state index in [0.717, 1.165) is 16.2 Å². The quantitative estimate of drug-likeness (QED) is 0.235. The van der Waals surface area contributed by atoms with E-state index < -0.39 is 6.04 Å². The minimum Gasteiger partial charge on any atom is -0.381 e. The van der Waals surface area contributed by atoms with Gasteiger partial charge >= 0.3 is 0 Å². The molecule has 1 atom stereocenters. The number of amidine groups is 1. The minimum absolute atomic E-state index is 0.0736. The van der Waals surface area contributed by atoms with Gasteiger partial charge in [0.25, 0.3) is 0 Å². The van der Waals surface area contributed by atoms with Crippen molar-refractivity contribution >= 4 is 29.0 Å². The SMILES string of the molecule is NCC(=O)N1CCCC1C(=O)NCc1ccc(/C(N)=N/N)s1. The van der Waals surface area contributed by atoms with Crippen LogP contribution in [-0.4, -0.2) is 41.7 Å².